The third-order valence-corrected chi connectivity index (χ3v) is 9.17. The van der Waals surface area contributed by atoms with Gasteiger partial charge in [-0.15, -0.1) is 0 Å². The predicted octanol–water partition coefficient (Wildman–Crippen LogP) is 6.19. The van der Waals surface area contributed by atoms with Crippen LogP contribution in [0.25, 0.3) is 11.1 Å². The number of nitrogens with one attached hydrogen (secondary N) is 1. The van der Waals surface area contributed by atoms with E-state index in [1.165, 1.54) is 4.90 Å². The summed E-state index contributed by atoms with van der Waals surface area (Å²) in [4.78, 5) is 64.4. The first-order valence-corrected chi connectivity index (χ1v) is 18.3. The van der Waals surface area contributed by atoms with Crippen LogP contribution in [0.5, 0.6) is 0 Å². The topological polar surface area (TPSA) is 115 Å². The van der Waals surface area contributed by atoms with E-state index in [-0.39, 0.29) is 24.7 Å². The highest BCUT2D eigenvalue weighted by Gasteiger charge is 2.30. The fraction of sp³-hybridized carbons (Fsp3) is 0.488. The number of hydrogen-bond acceptors (Lipinski definition) is 7. The third kappa shape index (κ3) is 11.9. The first-order valence-electron chi connectivity index (χ1n) is 18.3. The normalized spacial score (nSPS) is 15.8. The van der Waals surface area contributed by atoms with Crippen LogP contribution in [-0.4, -0.2) is 113 Å². The molecule has 11 nitrogen and oxygen atoms in total. The summed E-state index contributed by atoms with van der Waals surface area (Å²) in [6.45, 7) is 20.3. The summed E-state index contributed by atoms with van der Waals surface area (Å²) >= 11 is 0. The average Bonchev–Trinajstić information content (AvgIpc) is 3.11. The van der Waals surface area contributed by atoms with Gasteiger partial charge in [-0.25, -0.2) is 9.78 Å². The number of piperidine rings is 1. The second kappa shape index (κ2) is 18.6. The van der Waals surface area contributed by atoms with Crippen LogP contribution in [-0.2, 0) is 20.7 Å². The number of hydrogen-bond donors (Lipinski definition) is 1. The van der Waals surface area contributed by atoms with E-state index in [0.717, 1.165) is 86.2 Å². The minimum atomic E-state index is -0.770. The summed E-state index contributed by atoms with van der Waals surface area (Å²) in [5, 5.41) is 2.95. The van der Waals surface area contributed by atoms with Gasteiger partial charge in [-0.05, 0) is 82.6 Å². The van der Waals surface area contributed by atoms with Crippen molar-refractivity contribution < 1.29 is 23.9 Å². The van der Waals surface area contributed by atoms with Crippen LogP contribution in [0.15, 0.2) is 72.5 Å². The number of carbonyl (C=O) groups is 4. The zero-order chi connectivity index (χ0) is 37.8. The molecule has 0 saturated carbocycles. The number of nitrogens with zero attached hydrogens (tertiary/aromatic N) is 5. The van der Waals surface area contributed by atoms with Crippen LogP contribution in [0.3, 0.4) is 0 Å². The van der Waals surface area contributed by atoms with Crippen molar-refractivity contribution >= 4 is 30.0 Å². The van der Waals surface area contributed by atoms with Crippen molar-refractivity contribution in [3.05, 3.63) is 83.7 Å². The molecule has 0 aliphatic carbocycles. The van der Waals surface area contributed by atoms with Gasteiger partial charge in [0.1, 0.15) is 12.1 Å². The lowest BCUT2D eigenvalue weighted by atomic mass is 9.95. The van der Waals surface area contributed by atoms with Gasteiger partial charge in [-0.2, -0.15) is 0 Å². The molecule has 280 valence electrons. The Kier molecular flexibility index (Phi) is 14.3. The Morgan fingerprint density at radius 1 is 1.02 bits per heavy atom. The molecule has 11 heteroatoms. The fourth-order valence-electron chi connectivity index (χ4n) is 6.51. The lowest BCUT2D eigenvalue weighted by molar-refractivity contribution is -0.120. The monoisotopic (exact) mass is 712 g/mol. The number of carbonyl (C=O) groups excluding carboxylic acids is 4. The highest BCUT2D eigenvalue weighted by Crippen LogP contribution is 2.28. The maximum Gasteiger partial charge on any atom is 0.411 e. The number of allylic oxidation sites excluding steroid dienone is 3. The molecular formula is C41H56N6O5. The van der Waals surface area contributed by atoms with Gasteiger partial charge >= 0.3 is 6.09 Å². The molecule has 2 aliphatic rings. The zero-order valence-electron chi connectivity index (χ0n) is 31.8. The van der Waals surface area contributed by atoms with E-state index in [2.05, 4.69) is 40.8 Å². The summed E-state index contributed by atoms with van der Waals surface area (Å²) in [7, 11) is 0. The second-order valence-electron chi connectivity index (χ2n) is 14.9. The quantitative estimate of drug-likeness (QED) is 0.195. The number of ether oxygens (including phenoxy) is 1. The molecule has 0 radical (unpaired) electrons. The summed E-state index contributed by atoms with van der Waals surface area (Å²) in [5.41, 5.74) is 4.34. The van der Waals surface area contributed by atoms with Crippen molar-refractivity contribution in [1.29, 1.82) is 0 Å². The molecular weight excluding hydrogens is 656 g/mol. The Hall–Kier alpha value is -4.77. The van der Waals surface area contributed by atoms with E-state index in [0.29, 0.717) is 24.7 Å². The summed E-state index contributed by atoms with van der Waals surface area (Å²) in [5.74, 6) is -0.270. The summed E-state index contributed by atoms with van der Waals surface area (Å²) in [6, 6.07) is 9.89. The number of rotatable bonds is 13. The highest BCUT2D eigenvalue weighted by molar-refractivity contribution is 6.03. The Morgan fingerprint density at radius 3 is 2.35 bits per heavy atom. The first-order chi connectivity index (χ1) is 24.8. The molecule has 4 rings (SSSR count). The lowest BCUT2D eigenvalue weighted by Gasteiger charge is -2.38. The smallest absolute Gasteiger partial charge is 0.411 e. The van der Waals surface area contributed by atoms with E-state index in [4.69, 9.17) is 4.74 Å². The molecule has 2 fully saturated rings. The Labute approximate surface area is 309 Å². The predicted molar refractivity (Wildman–Crippen MR) is 206 cm³/mol. The van der Waals surface area contributed by atoms with E-state index in [1.807, 2.05) is 41.9 Å². The number of piperazine rings is 1. The van der Waals surface area contributed by atoms with Crippen molar-refractivity contribution in [2.75, 3.05) is 64.2 Å². The molecule has 2 saturated heterocycles. The number of anilines is 1. The lowest BCUT2D eigenvalue weighted by Crippen LogP contribution is -2.48. The minimum Gasteiger partial charge on any atom is -0.444 e. The van der Waals surface area contributed by atoms with Gasteiger partial charge in [0, 0.05) is 64.1 Å². The Bertz CT molecular complexity index is 1640. The van der Waals surface area contributed by atoms with Gasteiger partial charge in [-0.1, -0.05) is 61.6 Å². The average molecular weight is 713 g/mol. The second-order valence-corrected chi connectivity index (χ2v) is 14.9. The van der Waals surface area contributed by atoms with Crippen molar-refractivity contribution in [3.63, 3.8) is 0 Å². The van der Waals surface area contributed by atoms with Crippen molar-refractivity contribution in [2.24, 2.45) is 5.92 Å². The molecule has 0 unspecified atom stereocenters. The number of amides is 4. The van der Waals surface area contributed by atoms with Gasteiger partial charge in [-0.3, -0.25) is 24.2 Å². The van der Waals surface area contributed by atoms with E-state index in [1.54, 1.807) is 45.2 Å². The molecule has 3 heterocycles. The maximum absolute atomic E-state index is 14.1. The van der Waals surface area contributed by atoms with Crippen LogP contribution < -0.4 is 5.32 Å². The van der Waals surface area contributed by atoms with Crippen LogP contribution in [0.4, 0.5) is 10.5 Å². The number of pyridine rings is 1. The maximum atomic E-state index is 14.1. The van der Waals surface area contributed by atoms with Gasteiger partial charge in [0.05, 0.1) is 5.69 Å². The van der Waals surface area contributed by atoms with Crippen LogP contribution in [0.1, 0.15) is 70.4 Å². The van der Waals surface area contributed by atoms with Crippen molar-refractivity contribution in [1.82, 2.24) is 24.6 Å². The van der Waals surface area contributed by atoms with Crippen molar-refractivity contribution in [3.8, 4) is 11.1 Å². The molecule has 52 heavy (non-hydrogen) atoms. The SMILES string of the molecule is C=C/C=C(\C=C(C)C)CN(CC(=O)Nc1cc(-c2cccc(CC)c2)cnc1C(=O)N1CCC(CN2CCN(C=O)CC2)CC1)C(=O)OC(C)(C)C. The number of aryl methyl sites for hydroxylation is 1. The highest BCUT2D eigenvalue weighted by atomic mass is 16.6. The summed E-state index contributed by atoms with van der Waals surface area (Å²) in [6.07, 6.45) is 9.93. The van der Waals surface area contributed by atoms with Crippen LogP contribution in [0, 0.1) is 5.92 Å². The molecule has 0 spiro atoms. The molecule has 1 aromatic heterocycles. The Balaban J connectivity index is 1.56. The zero-order valence-corrected chi connectivity index (χ0v) is 31.8. The minimum absolute atomic E-state index is 0.120. The molecule has 0 atom stereocenters. The summed E-state index contributed by atoms with van der Waals surface area (Å²) < 4.78 is 5.68. The van der Waals surface area contributed by atoms with Gasteiger partial charge in [0.25, 0.3) is 5.91 Å². The van der Waals surface area contributed by atoms with Gasteiger partial charge in [0.15, 0.2) is 5.69 Å². The molecule has 2 aliphatic heterocycles. The molecule has 0 bridgehead atoms. The molecule has 1 N–H and O–H groups in total. The van der Waals surface area contributed by atoms with Crippen LogP contribution in [0.2, 0.25) is 0 Å². The van der Waals surface area contributed by atoms with Crippen LogP contribution >= 0.6 is 0 Å². The van der Waals surface area contributed by atoms with Gasteiger partial charge < -0.3 is 19.9 Å². The van der Waals surface area contributed by atoms with E-state index >= 15 is 0 Å². The number of likely N-dealkylation sites (tertiary alicyclic amines) is 1. The van der Waals surface area contributed by atoms with Crippen molar-refractivity contribution in [2.45, 2.75) is 66.4 Å². The first kappa shape index (κ1) is 40.0. The third-order valence-electron chi connectivity index (χ3n) is 9.17. The van der Waals surface area contributed by atoms with E-state index < -0.39 is 17.6 Å². The van der Waals surface area contributed by atoms with E-state index in [9.17, 15) is 19.2 Å². The largest absolute Gasteiger partial charge is 0.444 e. The van der Waals surface area contributed by atoms with Gasteiger partial charge in [0.2, 0.25) is 12.3 Å². The fourth-order valence-corrected chi connectivity index (χ4v) is 6.51. The standard InChI is InChI=1S/C41H56N6O5/c1-8-11-33(22-30(3)4)27-47(40(51)52-41(5,6)7)28-37(49)43-36-24-35(34-13-10-12-31(9-2)23-34)25-42-38(36)39(50)46-16-14-32(15-17-46)26-44-18-20-45(29-48)21-19-44/h8,10-13,22-25,29,32H,1,9,14-21,26-28H2,2-7H3,(H,43,49)/b33-11+. The Morgan fingerprint density at radius 2 is 1.73 bits per heavy atom. The molecule has 4 amide bonds. The number of benzene rings is 1. The molecule has 2 aromatic rings. The number of aromatic nitrogens is 1. The molecule has 1 aromatic carbocycles.